The Morgan fingerprint density at radius 1 is 1.29 bits per heavy atom. The van der Waals surface area contributed by atoms with Gasteiger partial charge in [0.15, 0.2) is 0 Å². The largest absolute Gasteiger partial charge is 0.389 e. The monoisotopic (exact) mass is 377 g/mol. The summed E-state index contributed by atoms with van der Waals surface area (Å²) >= 11 is 3.24. The summed E-state index contributed by atoms with van der Waals surface area (Å²) in [6.07, 6.45) is 2.92. The second-order valence-electron chi connectivity index (χ2n) is 5.83. The van der Waals surface area contributed by atoms with E-state index in [1.165, 1.54) is 10.5 Å². The zero-order valence-electron chi connectivity index (χ0n) is 12.2. The first kappa shape index (κ1) is 16.8. The predicted molar refractivity (Wildman–Crippen MR) is 83.4 cm³/mol. The highest BCUT2D eigenvalue weighted by atomic mass is 79.9. The van der Waals surface area contributed by atoms with Crippen molar-refractivity contribution in [2.45, 2.75) is 24.3 Å². The summed E-state index contributed by atoms with van der Waals surface area (Å²) in [5.74, 6) is 0. The number of rotatable bonds is 4. The molecule has 0 aromatic carbocycles. The lowest BCUT2D eigenvalue weighted by Crippen LogP contribution is -2.51. The topological polar surface area (TPSA) is 73.7 Å². The molecule has 0 unspecified atom stereocenters. The Balaban J connectivity index is 2.05. The zero-order valence-corrected chi connectivity index (χ0v) is 14.6. The number of aliphatic hydroxyl groups is 1. The van der Waals surface area contributed by atoms with Crippen LogP contribution in [0.5, 0.6) is 0 Å². The molecule has 1 aliphatic rings. The van der Waals surface area contributed by atoms with Crippen molar-refractivity contribution in [1.82, 2.24) is 14.2 Å². The Kier molecular flexibility index (Phi) is 5.04. The summed E-state index contributed by atoms with van der Waals surface area (Å²) < 4.78 is 27.2. The first-order valence-electron chi connectivity index (χ1n) is 6.74. The molecule has 0 radical (unpaired) electrons. The fourth-order valence-corrected chi connectivity index (χ4v) is 4.29. The van der Waals surface area contributed by atoms with Crippen molar-refractivity contribution in [2.75, 3.05) is 32.7 Å². The number of nitrogens with zero attached hydrogens (tertiary/aromatic N) is 3. The van der Waals surface area contributed by atoms with Crippen molar-refractivity contribution in [1.29, 1.82) is 0 Å². The highest BCUT2D eigenvalue weighted by Crippen LogP contribution is 2.20. The van der Waals surface area contributed by atoms with Crippen molar-refractivity contribution < 1.29 is 13.5 Å². The number of hydrogen-bond acceptors (Lipinski definition) is 5. The van der Waals surface area contributed by atoms with E-state index in [2.05, 4.69) is 25.8 Å². The SMILES string of the molecule is CC(C)(O)CN1CCN(S(=O)(=O)c2cncc(Br)c2)CC1. The van der Waals surface area contributed by atoms with Gasteiger partial charge in [0.2, 0.25) is 10.0 Å². The molecule has 0 saturated carbocycles. The number of sulfonamides is 1. The minimum atomic E-state index is -3.50. The Labute approximate surface area is 134 Å². The average Bonchev–Trinajstić information content (AvgIpc) is 2.37. The van der Waals surface area contributed by atoms with Crippen LogP contribution >= 0.6 is 15.9 Å². The highest BCUT2D eigenvalue weighted by molar-refractivity contribution is 9.10. The first-order valence-corrected chi connectivity index (χ1v) is 8.97. The van der Waals surface area contributed by atoms with Gasteiger partial charge in [-0.25, -0.2) is 8.42 Å². The van der Waals surface area contributed by atoms with E-state index in [-0.39, 0.29) is 4.90 Å². The maximum atomic E-state index is 12.5. The second-order valence-corrected chi connectivity index (χ2v) is 8.69. The minimum absolute atomic E-state index is 0.202. The van der Waals surface area contributed by atoms with Crippen molar-refractivity contribution in [3.63, 3.8) is 0 Å². The van der Waals surface area contributed by atoms with Crippen molar-refractivity contribution >= 4 is 26.0 Å². The van der Waals surface area contributed by atoms with Gasteiger partial charge < -0.3 is 5.11 Å². The zero-order chi connectivity index (χ0) is 15.7. The number of halogens is 1. The first-order chi connectivity index (χ1) is 9.68. The molecule has 2 heterocycles. The van der Waals surface area contributed by atoms with E-state index in [9.17, 15) is 13.5 Å². The third-order valence-corrected chi connectivity index (χ3v) is 5.56. The fraction of sp³-hybridized carbons (Fsp3) is 0.615. The minimum Gasteiger partial charge on any atom is -0.389 e. The molecule has 21 heavy (non-hydrogen) atoms. The molecular weight excluding hydrogens is 358 g/mol. The summed E-state index contributed by atoms with van der Waals surface area (Å²) in [6, 6.07) is 1.56. The van der Waals surface area contributed by atoms with E-state index in [0.29, 0.717) is 37.2 Å². The van der Waals surface area contributed by atoms with Crippen LogP contribution in [0.1, 0.15) is 13.8 Å². The second kappa shape index (κ2) is 6.29. The van der Waals surface area contributed by atoms with Crippen LogP contribution in [-0.4, -0.2) is 66.0 Å². The number of pyridine rings is 1. The van der Waals surface area contributed by atoms with E-state index in [4.69, 9.17) is 0 Å². The fourth-order valence-electron chi connectivity index (χ4n) is 2.36. The van der Waals surface area contributed by atoms with Crippen LogP contribution in [0.2, 0.25) is 0 Å². The standard InChI is InChI=1S/C13H20BrN3O3S/c1-13(2,18)10-16-3-5-17(6-4-16)21(19,20)12-7-11(14)8-15-9-12/h7-9,18H,3-6,10H2,1-2H3. The number of β-amino-alcohol motifs (C(OH)–C–C–N with tert-alkyl or cyclic N) is 1. The molecule has 1 saturated heterocycles. The molecule has 1 aromatic heterocycles. The van der Waals surface area contributed by atoms with Gasteiger partial charge in [0.25, 0.3) is 0 Å². The van der Waals surface area contributed by atoms with E-state index in [1.54, 1.807) is 26.1 Å². The average molecular weight is 378 g/mol. The Bertz CT molecular complexity index is 593. The number of hydrogen-bond donors (Lipinski definition) is 1. The van der Waals surface area contributed by atoms with Crippen molar-refractivity contribution in [3.05, 3.63) is 22.9 Å². The number of aromatic nitrogens is 1. The molecular formula is C13H20BrN3O3S. The summed E-state index contributed by atoms with van der Waals surface area (Å²) in [7, 11) is -3.50. The maximum absolute atomic E-state index is 12.5. The highest BCUT2D eigenvalue weighted by Gasteiger charge is 2.30. The molecule has 118 valence electrons. The molecule has 1 fully saturated rings. The maximum Gasteiger partial charge on any atom is 0.244 e. The molecule has 8 heteroatoms. The van der Waals surface area contributed by atoms with E-state index in [1.807, 2.05) is 0 Å². The van der Waals surface area contributed by atoms with E-state index >= 15 is 0 Å². The molecule has 0 amide bonds. The van der Waals surface area contributed by atoms with Gasteiger partial charge in [-0.15, -0.1) is 0 Å². The summed E-state index contributed by atoms with van der Waals surface area (Å²) in [4.78, 5) is 6.19. The van der Waals surface area contributed by atoms with Crippen LogP contribution in [0.4, 0.5) is 0 Å². The van der Waals surface area contributed by atoms with Crippen molar-refractivity contribution in [2.24, 2.45) is 0 Å². The smallest absolute Gasteiger partial charge is 0.244 e. The van der Waals surface area contributed by atoms with Crippen LogP contribution in [0.15, 0.2) is 27.8 Å². The van der Waals surface area contributed by atoms with Gasteiger partial charge in [-0.3, -0.25) is 9.88 Å². The Hall–Kier alpha value is -0.540. The van der Waals surface area contributed by atoms with Crippen LogP contribution in [0.3, 0.4) is 0 Å². The molecule has 2 rings (SSSR count). The van der Waals surface area contributed by atoms with Crippen molar-refractivity contribution in [3.8, 4) is 0 Å². The van der Waals surface area contributed by atoms with Crippen LogP contribution in [0, 0.1) is 0 Å². The quantitative estimate of drug-likeness (QED) is 0.844. The molecule has 0 spiro atoms. The molecule has 6 nitrogen and oxygen atoms in total. The van der Waals surface area contributed by atoms with E-state index in [0.717, 1.165) is 0 Å². The summed E-state index contributed by atoms with van der Waals surface area (Å²) in [5, 5.41) is 9.82. The Morgan fingerprint density at radius 2 is 1.90 bits per heavy atom. The van der Waals surface area contributed by atoms with Gasteiger partial charge >= 0.3 is 0 Å². The lowest BCUT2D eigenvalue weighted by atomic mass is 10.1. The third kappa shape index (κ3) is 4.46. The van der Waals surface area contributed by atoms with Crippen LogP contribution < -0.4 is 0 Å². The Morgan fingerprint density at radius 3 is 2.43 bits per heavy atom. The van der Waals surface area contributed by atoms with Gasteiger partial charge in [-0.2, -0.15) is 4.31 Å². The third-order valence-electron chi connectivity index (χ3n) is 3.26. The van der Waals surface area contributed by atoms with Gasteiger partial charge in [0, 0.05) is 49.6 Å². The molecule has 0 aliphatic carbocycles. The van der Waals surface area contributed by atoms with Gasteiger partial charge in [0.05, 0.1) is 5.60 Å². The summed E-state index contributed by atoms with van der Waals surface area (Å²) in [6.45, 7) is 6.12. The van der Waals surface area contributed by atoms with E-state index < -0.39 is 15.6 Å². The normalized spacial score (nSPS) is 18.9. The van der Waals surface area contributed by atoms with Crippen LogP contribution in [0.25, 0.3) is 0 Å². The molecule has 1 aliphatic heterocycles. The molecule has 1 N–H and O–H groups in total. The summed E-state index contributed by atoms with van der Waals surface area (Å²) in [5.41, 5.74) is -0.769. The number of piperazine rings is 1. The lowest BCUT2D eigenvalue weighted by molar-refractivity contribution is 0.0263. The molecule has 0 bridgehead atoms. The van der Waals surface area contributed by atoms with Gasteiger partial charge in [0.1, 0.15) is 4.90 Å². The lowest BCUT2D eigenvalue weighted by Gasteiger charge is -2.36. The molecule has 0 atom stereocenters. The predicted octanol–water partition coefficient (Wildman–Crippen LogP) is 0.921. The van der Waals surface area contributed by atoms with Gasteiger partial charge in [-0.05, 0) is 35.8 Å². The van der Waals surface area contributed by atoms with Crippen LogP contribution in [-0.2, 0) is 10.0 Å². The molecule has 1 aromatic rings. The van der Waals surface area contributed by atoms with Gasteiger partial charge in [-0.1, -0.05) is 0 Å².